The van der Waals surface area contributed by atoms with E-state index in [4.69, 9.17) is 5.26 Å². The van der Waals surface area contributed by atoms with Crippen LogP contribution in [0.2, 0.25) is 0 Å². The third-order valence-corrected chi connectivity index (χ3v) is 5.30. The summed E-state index contributed by atoms with van der Waals surface area (Å²) in [6.07, 6.45) is 1.00. The molecule has 7 nitrogen and oxygen atoms in total. The highest BCUT2D eigenvalue weighted by Crippen LogP contribution is 2.36. The van der Waals surface area contributed by atoms with Crippen LogP contribution in [0.1, 0.15) is 30.4 Å². The predicted octanol–water partition coefficient (Wildman–Crippen LogP) is 3.35. The normalized spacial score (nSPS) is 17.6. The summed E-state index contributed by atoms with van der Waals surface area (Å²) in [5.74, 6) is 0.594. The average molecular weight is 397 g/mol. The van der Waals surface area contributed by atoms with Crippen molar-refractivity contribution in [2.75, 3.05) is 25.5 Å². The zero-order valence-corrected chi connectivity index (χ0v) is 16.2. The average Bonchev–Trinajstić information content (AvgIpc) is 3.10. The van der Waals surface area contributed by atoms with Crippen LogP contribution in [0.15, 0.2) is 24.4 Å². The Balaban J connectivity index is 1.80. The van der Waals surface area contributed by atoms with Crippen molar-refractivity contribution in [3.05, 3.63) is 35.5 Å². The van der Waals surface area contributed by atoms with Crippen LogP contribution in [0.4, 0.5) is 14.6 Å². The fourth-order valence-electron chi connectivity index (χ4n) is 3.90. The van der Waals surface area contributed by atoms with Crippen LogP contribution in [0.3, 0.4) is 0 Å². The molecule has 1 saturated heterocycles. The molecule has 3 aromatic rings. The molecule has 3 heterocycles. The van der Waals surface area contributed by atoms with Crippen LogP contribution in [0.25, 0.3) is 22.2 Å². The molecular weight excluding hydrogens is 376 g/mol. The number of benzene rings is 1. The number of nitriles is 1. The lowest BCUT2D eigenvalue weighted by molar-refractivity contribution is 0.152. The number of aromatic nitrogens is 4. The van der Waals surface area contributed by atoms with Crippen LogP contribution in [0.5, 0.6) is 0 Å². The van der Waals surface area contributed by atoms with Gasteiger partial charge in [0.15, 0.2) is 5.82 Å². The van der Waals surface area contributed by atoms with Crippen LogP contribution in [-0.4, -0.2) is 51.1 Å². The molecule has 0 bridgehead atoms. The molecule has 1 aromatic carbocycles. The Labute approximate surface area is 166 Å². The number of anilines is 1. The highest BCUT2D eigenvalue weighted by Gasteiger charge is 2.23. The fraction of sp³-hybridized carbons (Fsp3) is 0.400. The Bertz CT molecular complexity index is 1090. The third kappa shape index (κ3) is 3.63. The fourth-order valence-corrected chi connectivity index (χ4v) is 3.90. The van der Waals surface area contributed by atoms with E-state index in [1.54, 1.807) is 17.9 Å². The molecule has 0 unspecified atom stereocenters. The molecule has 9 heteroatoms. The molecule has 1 aliphatic rings. The van der Waals surface area contributed by atoms with Gasteiger partial charge in [-0.1, -0.05) is 6.07 Å². The molecule has 4 rings (SSSR count). The second-order valence-corrected chi connectivity index (χ2v) is 7.39. The Kier molecular flexibility index (Phi) is 5.11. The van der Waals surface area contributed by atoms with Gasteiger partial charge in [0.05, 0.1) is 23.2 Å². The van der Waals surface area contributed by atoms with Crippen molar-refractivity contribution in [1.82, 2.24) is 24.9 Å². The van der Waals surface area contributed by atoms with Crippen LogP contribution in [-0.2, 0) is 7.05 Å². The van der Waals surface area contributed by atoms with Crippen molar-refractivity contribution < 1.29 is 8.78 Å². The van der Waals surface area contributed by atoms with E-state index in [0.29, 0.717) is 22.4 Å². The van der Waals surface area contributed by atoms with Crippen LogP contribution >= 0.6 is 0 Å². The lowest BCUT2D eigenvalue weighted by Gasteiger charge is -2.30. The molecule has 0 aliphatic carbocycles. The first kappa shape index (κ1) is 19.2. The summed E-state index contributed by atoms with van der Waals surface area (Å²) < 4.78 is 29.0. The van der Waals surface area contributed by atoms with E-state index in [-0.39, 0.29) is 22.7 Å². The SMILES string of the molecule is CN1CCC[C@@H](Nc2nnc(-c3ccc(C#N)cc3C(F)F)c3cnn(C)c23)C1. The van der Waals surface area contributed by atoms with E-state index in [1.807, 2.05) is 6.07 Å². The molecule has 1 atom stereocenters. The molecule has 0 saturated carbocycles. The van der Waals surface area contributed by atoms with Crippen LogP contribution in [0, 0.1) is 11.3 Å². The number of alkyl halides is 2. The van der Waals surface area contributed by atoms with Gasteiger partial charge in [-0.05, 0) is 38.6 Å². The van der Waals surface area contributed by atoms with Crippen molar-refractivity contribution in [3.63, 3.8) is 0 Å². The van der Waals surface area contributed by atoms with E-state index < -0.39 is 6.43 Å². The number of nitrogens with one attached hydrogen (secondary N) is 1. The molecule has 2 aromatic heterocycles. The molecule has 1 fully saturated rings. The van der Waals surface area contributed by atoms with Gasteiger partial charge in [0.25, 0.3) is 6.43 Å². The second kappa shape index (κ2) is 7.72. The van der Waals surface area contributed by atoms with Gasteiger partial charge in [-0.25, -0.2) is 8.78 Å². The first-order chi connectivity index (χ1) is 14.0. The van der Waals surface area contributed by atoms with Gasteiger partial charge in [0.1, 0.15) is 11.2 Å². The van der Waals surface area contributed by atoms with Crippen molar-refractivity contribution >= 4 is 16.7 Å². The van der Waals surface area contributed by atoms with E-state index in [0.717, 1.165) is 25.9 Å². The summed E-state index contributed by atoms with van der Waals surface area (Å²) in [6, 6.07) is 6.35. The Hall–Kier alpha value is -3.12. The Morgan fingerprint density at radius 1 is 1.28 bits per heavy atom. The number of nitrogens with zero attached hydrogens (tertiary/aromatic N) is 6. The summed E-state index contributed by atoms with van der Waals surface area (Å²) in [6.45, 7) is 1.97. The number of halogens is 2. The van der Waals surface area contributed by atoms with E-state index in [9.17, 15) is 8.78 Å². The first-order valence-corrected chi connectivity index (χ1v) is 9.44. The third-order valence-electron chi connectivity index (χ3n) is 5.30. The van der Waals surface area contributed by atoms with Gasteiger partial charge in [0, 0.05) is 30.8 Å². The molecule has 0 radical (unpaired) electrons. The lowest BCUT2D eigenvalue weighted by Crippen LogP contribution is -2.40. The molecule has 0 spiro atoms. The van der Waals surface area contributed by atoms with Crippen molar-refractivity contribution in [3.8, 4) is 17.3 Å². The van der Waals surface area contributed by atoms with Crippen molar-refractivity contribution in [2.45, 2.75) is 25.3 Å². The lowest BCUT2D eigenvalue weighted by atomic mass is 10.00. The number of piperidine rings is 1. The largest absolute Gasteiger partial charge is 0.363 e. The van der Waals surface area contributed by atoms with E-state index in [1.165, 1.54) is 18.2 Å². The van der Waals surface area contributed by atoms with E-state index in [2.05, 4.69) is 32.6 Å². The highest BCUT2D eigenvalue weighted by molar-refractivity contribution is 5.98. The zero-order chi connectivity index (χ0) is 20.5. The number of hydrogen-bond acceptors (Lipinski definition) is 6. The topological polar surface area (TPSA) is 82.7 Å². The van der Waals surface area contributed by atoms with Gasteiger partial charge in [-0.3, -0.25) is 4.68 Å². The minimum absolute atomic E-state index is 0.180. The summed E-state index contributed by atoms with van der Waals surface area (Å²) in [4.78, 5) is 2.26. The van der Waals surface area contributed by atoms with Crippen LogP contribution < -0.4 is 5.32 Å². The summed E-state index contributed by atoms with van der Waals surface area (Å²) in [7, 11) is 3.87. The summed E-state index contributed by atoms with van der Waals surface area (Å²) in [5.41, 5.74) is 1.25. The number of likely N-dealkylation sites (tertiary alicyclic amines) is 1. The smallest absolute Gasteiger partial charge is 0.264 e. The predicted molar refractivity (Wildman–Crippen MR) is 106 cm³/mol. The van der Waals surface area contributed by atoms with Crippen molar-refractivity contribution in [1.29, 1.82) is 5.26 Å². The number of hydrogen-bond donors (Lipinski definition) is 1. The van der Waals surface area contributed by atoms with Gasteiger partial charge in [-0.2, -0.15) is 10.4 Å². The highest BCUT2D eigenvalue weighted by atomic mass is 19.3. The standard InChI is InChI=1S/C20H21F2N7/c1-28-7-3-4-13(11-28)25-20-18-16(10-24-29(18)2)17(26-27-20)14-6-5-12(9-23)8-15(14)19(21)22/h5-6,8,10,13,19H,3-4,7,11H2,1-2H3,(H,25,27)/t13-/m1/s1. The molecule has 1 aliphatic heterocycles. The van der Waals surface area contributed by atoms with Gasteiger partial charge in [-0.15, -0.1) is 10.2 Å². The van der Waals surface area contributed by atoms with Crippen molar-refractivity contribution in [2.24, 2.45) is 7.05 Å². The maximum Gasteiger partial charge on any atom is 0.264 e. The molecular formula is C20H21F2N7. The van der Waals surface area contributed by atoms with Gasteiger partial charge in [0.2, 0.25) is 0 Å². The quantitative estimate of drug-likeness (QED) is 0.727. The molecule has 150 valence electrons. The van der Waals surface area contributed by atoms with E-state index >= 15 is 0 Å². The number of likely N-dealkylation sites (N-methyl/N-ethyl adjacent to an activating group) is 1. The zero-order valence-electron chi connectivity index (χ0n) is 16.2. The maximum atomic E-state index is 13.7. The minimum Gasteiger partial charge on any atom is -0.363 e. The number of aryl methyl sites for hydroxylation is 1. The summed E-state index contributed by atoms with van der Waals surface area (Å²) >= 11 is 0. The molecule has 1 N–H and O–H groups in total. The summed E-state index contributed by atoms with van der Waals surface area (Å²) in [5, 5.41) is 26.0. The molecule has 29 heavy (non-hydrogen) atoms. The Morgan fingerprint density at radius 3 is 2.83 bits per heavy atom. The number of rotatable bonds is 4. The second-order valence-electron chi connectivity index (χ2n) is 7.39. The van der Waals surface area contributed by atoms with Gasteiger partial charge < -0.3 is 10.2 Å². The number of fused-ring (bicyclic) bond motifs is 1. The first-order valence-electron chi connectivity index (χ1n) is 9.44. The monoisotopic (exact) mass is 397 g/mol. The van der Waals surface area contributed by atoms with Gasteiger partial charge >= 0.3 is 0 Å². The minimum atomic E-state index is -2.73. The maximum absolute atomic E-state index is 13.7. The Morgan fingerprint density at radius 2 is 2.10 bits per heavy atom. The molecule has 0 amide bonds.